The Morgan fingerprint density at radius 2 is 1.96 bits per heavy atom. The van der Waals surface area contributed by atoms with Crippen LogP contribution in [0, 0.1) is 13.8 Å². The number of hydrogen-bond acceptors (Lipinski definition) is 4. The van der Waals surface area contributed by atoms with E-state index in [2.05, 4.69) is 34.2 Å². The minimum Gasteiger partial charge on any atom is -0.268 e. The van der Waals surface area contributed by atoms with E-state index in [1.807, 2.05) is 31.2 Å². The quantitative estimate of drug-likeness (QED) is 0.402. The van der Waals surface area contributed by atoms with Crippen molar-refractivity contribution < 1.29 is 0 Å². The van der Waals surface area contributed by atoms with Gasteiger partial charge in [0.2, 0.25) is 0 Å². The molecule has 0 unspecified atom stereocenters. The minimum absolute atomic E-state index is 0.166. The maximum atomic E-state index is 13.1. The first-order chi connectivity index (χ1) is 13.0. The Hall–Kier alpha value is -2.57. The van der Waals surface area contributed by atoms with Crippen molar-refractivity contribution in [2.75, 3.05) is 0 Å². The molecule has 2 aromatic carbocycles. The van der Waals surface area contributed by atoms with Crippen LogP contribution in [0.25, 0.3) is 16.7 Å². The third kappa shape index (κ3) is 3.38. The molecular formula is C20H17ClN4OS. The lowest BCUT2D eigenvalue weighted by Gasteiger charge is -2.13. The van der Waals surface area contributed by atoms with Gasteiger partial charge in [-0.1, -0.05) is 53.7 Å². The van der Waals surface area contributed by atoms with E-state index in [0.29, 0.717) is 32.7 Å². The summed E-state index contributed by atoms with van der Waals surface area (Å²) >= 11 is 7.81. The zero-order chi connectivity index (χ0) is 19.0. The maximum absolute atomic E-state index is 13.1. The highest BCUT2D eigenvalue weighted by atomic mass is 35.5. The Morgan fingerprint density at radius 1 is 1.15 bits per heavy atom. The molecule has 5 nitrogen and oxygen atoms in total. The molecular weight excluding hydrogens is 380 g/mol. The Bertz CT molecular complexity index is 1200. The van der Waals surface area contributed by atoms with Crippen molar-refractivity contribution in [3.8, 4) is 5.69 Å². The van der Waals surface area contributed by atoms with Gasteiger partial charge < -0.3 is 0 Å². The number of fused-ring (bicyclic) bond motifs is 1. The predicted molar refractivity (Wildman–Crippen MR) is 110 cm³/mol. The number of aromatic amines is 1. The van der Waals surface area contributed by atoms with Gasteiger partial charge in [0.05, 0.1) is 11.9 Å². The van der Waals surface area contributed by atoms with Crippen LogP contribution in [0.2, 0.25) is 5.02 Å². The molecule has 1 N–H and O–H groups in total. The molecule has 0 aliphatic rings. The number of thioether (sulfide) groups is 1. The molecule has 27 heavy (non-hydrogen) atoms. The molecule has 7 heteroatoms. The second-order valence-electron chi connectivity index (χ2n) is 6.32. The highest BCUT2D eigenvalue weighted by Crippen LogP contribution is 2.27. The molecule has 0 saturated heterocycles. The van der Waals surface area contributed by atoms with E-state index < -0.39 is 0 Å². The second-order valence-corrected chi connectivity index (χ2v) is 7.67. The van der Waals surface area contributed by atoms with Gasteiger partial charge >= 0.3 is 0 Å². The smallest absolute Gasteiger partial charge is 0.268 e. The summed E-state index contributed by atoms with van der Waals surface area (Å²) in [5.74, 6) is 0.707. The number of hydrogen-bond donors (Lipinski definition) is 1. The number of H-pyrrole nitrogens is 1. The monoisotopic (exact) mass is 396 g/mol. The van der Waals surface area contributed by atoms with Crippen LogP contribution < -0.4 is 5.56 Å². The Balaban J connectivity index is 1.84. The zero-order valence-corrected chi connectivity index (χ0v) is 16.4. The fourth-order valence-corrected chi connectivity index (χ4v) is 4.09. The van der Waals surface area contributed by atoms with E-state index in [1.54, 1.807) is 10.6 Å². The standard InChI is InChI=1S/C20H17ClN4OS/c1-12-5-3-4-6-14(12)11-27-20-23-18-16(10-22-24-18)19(26)25(20)15-8-7-13(2)17(21)9-15/h3-10H,11H2,1-2H3,(H,22,24). The average molecular weight is 397 g/mol. The maximum Gasteiger partial charge on any atom is 0.269 e. The van der Waals surface area contributed by atoms with Crippen LogP contribution in [0.4, 0.5) is 0 Å². The topological polar surface area (TPSA) is 63.6 Å². The van der Waals surface area contributed by atoms with Crippen molar-refractivity contribution in [3.63, 3.8) is 0 Å². The highest BCUT2D eigenvalue weighted by Gasteiger charge is 2.15. The van der Waals surface area contributed by atoms with Crippen LogP contribution in [0.15, 0.2) is 58.6 Å². The normalized spacial score (nSPS) is 11.2. The van der Waals surface area contributed by atoms with E-state index >= 15 is 0 Å². The van der Waals surface area contributed by atoms with Gasteiger partial charge in [-0.15, -0.1) is 0 Å². The molecule has 4 aromatic rings. The average Bonchev–Trinajstić information content (AvgIpc) is 3.13. The fraction of sp³-hybridized carbons (Fsp3) is 0.150. The summed E-state index contributed by atoms with van der Waals surface area (Å²) in [6.45, 7) is 4.01. The van der Waals surface area contributed by atoms with Gasteiger partial charge in [0, 0.05) is 10.8 Å². The van der Waals surface area contributed by atoms with Crippen molar-refractivity contribution >= 4 is 34.4 Å². The Labute approximate surface area is 165 Å². The zero-order valence-electron chi connectivity index (χ0n) is 14.9. The summed E-state index contributed by atoms with van der Waals surface area (Å²) in [7, 11) is 0. The first kappa shape index (κ1) is 17.8. The number of nitrogens with one attached hydrogen (secondary N) is 1. The molecule has 0 saturated carbocycles. The number of halogens is 1. The summed E-state index contributed by atoms with van der Waals surface area (Å²) in [5, 5.41) is 8.42. The van der Waals surface area contributed by atoms with E-state index in [1.165, 1.54) is 29.1 Å². The van der Waals surface area contributed by atoms with Crippen LogP contribution in [0.1, 0.15) is 16.7 Å². The number of benzene rings is 2. The molecule has 2 aromatic heterocycles. The van der Waals surface area contributed by atoms with Crippen LogP contribution in [-0.2, 0) is 5.75 Å². The van der Waals surface area contributed by atoms with Crippen LogP contribution in [0.5, 0.6) is 0 Å². The predicted octanol–water partition coefficient (Wildman–Crippen LogP) is 4.67. The van der Waals surface area contributed by atoms with Crippen LogP contribution in [0.3, 0.4) is 0 Å². The van der Waals surface area contributed by atoms with Crippen molar-refractivity contribution in [1.29, 1.82) is 0 Å². The molecule has 2 heterocycles. The first-order valence-electron chi connectivity index (χ1n) is 8.44. The molecule has 0 aliphatic heterocycles. The van der Waals surface area contributed by atoms with Crippen LogP contribution >= 0.6 is 23.4 Å². The summed E-state index contributed by atoms with van der Waals surface area (Å²) in [6, 6.07) is 13.8. The Kier molecular flexibility index (Phi) is 4.76. The van der Waals surface area contributed by atoms with Crippen LogP contribution in [-0.4, -0.2) is 19.7 Å². The lowest BCUT2D eigenvalue weighted by molar-refractivity contribution is 0.815. The van der Waals surface area contributed by atoms with Gasteiger partial charge in [-0.05, 0) is 42.7 Å². The third-order valence-corrected chi connectivity index (χ3v) is 5.88. The number of aromatic nitrogens is 4. The molecule has 0 fully saturated rings. The SMILES string of the molecule is Cc1ccc(-n2c(SCc3ccccc3C)nc3[nH]ncc3c2=O)cc1Cl. The lowest BCUT2D eigenvalue weighted by atomic mass is 10.1. The van der Waals surface area contributed by atoms with E-state index in [-0.39, 0.29) is 5.56 Å². The molecule has 0 radical (unpaired) electrons. The molecule has 4 rings (SSSR count). The van der Waals surface area contributed by atoms with Crippen molar-refractivity contribution in [2.24, 2.45) is 0 Å². The third-order valence-electron chi connectivity index (χ3n) is 4.48. The summed E-state index contributed by atoms with van der Waals surface area (Å²) in [4.78, 5) is 17.7. The Morgan fingerprint density at radius 3 is 2.74 bits per heavy atom. The van der Waals surface area contributed by atoms with Gasteiger partial charge in [-0.25, -0.2) is 4.98 Å². The largest absolute Gasteiger partial charge is 0.269 e. The number of rotatable bonds is 4. The highest BCUT2D eigenvalue weighted by molar-refractivity contribution is 7.98. The van der Waals surface area contributed by atoms with Crippen molar-refractivity contribution in [2.45, 2.75) is 24.8 Å². The molecule has 0 bridgehead atoms. The van der Waals surface area contributed by atoms with Crippen molar-refractivity contribution in [1.82, 2.24) is 19.7 Å². The second kappa shape index (κ2) is 7.21. The first-order valence-corrected chi connectivity index (χ1v) is 9.81. The van der Waals surface area contributed by atoms with Gasteiger partial charge in [-0.3, -0.25) is 14.5 Å². The molecule has 0 spiro atoms. The number of nitrogens with zero attached hydrogens (tertiary/aromatic N) is 3. The fourth-order valence-electron chi connectivity index (χ4n) is 2.83. The summed E-state index contributed by atoms with van der Waals surface area (Å²) < 4.78 is 1.60. The molecule has 136 valence electrons. The van der Waals surface area contributed by atoms with Gasteiger partial charge in [0.15, 0.2) is 10.8 Å². The number of aryl methyl sites for hydroxylation is 2. The molecule has 0 amide bonds. The molecule has 0 aliphatic carbocycles. The summed E-state index contributed by atoms with van der Waals surface area (Å²) in [5.41, 5.74) is 4.39. The van der Waals surface area contributed by atoms with E-state index in [0.717, 1.165) is 5.56 Å². The summed E-state index contributed by atoms with van der Waals surface area (Å²) in [6.07, 6.45) is 1.51. The van der Waals surface area contributed by atoms with Gasteiger partial charge in [0.25, 0.3) is 5.56 Å². The minimum atomic E-state index is -0.166. The molecule has 0 atom stereocenters. The van der Waals surface area contributed by atoms with Gasteiger partial charge in [0.1, 0.15) is 5.39 Å². The van der Waals surface area contributed by atoms with E-state index in [4.69, 9.17) is 11.6 Å². The lowest BCUT2D eigenvalue weighted by Crippen LogP contribution is -2.21. The van der Waals surface area contributed by atoms with Crippen molar-refractivity contribution in [3.05, 3.63) is 80.7 Å². The van der Waals surface area contributed by atoms with Gasteiger partial charge in [-0.2, -0.15) is 5.10 Å². The van der Waals surface area contributed by atoms with E-state index in [9.17, 15) is 4.79 Å².